The average Bonchev–Trinajstić information content (AvgIpc) is 3.23. The number of rotatable bonds is 5. The first kappa shape index (κ1) is 20.1. The quantitative estimate of drug-likeness (QED) is 0.636. The molecule has 3 atom stereocenters. The third-order valence-electron chi connectivity index (χ3n) is 7.19. The molecule has 4 aliphatic carbocycles. The van der Waals surface area contributed by atoms with Gasteiger partial charge < -0.3 is 24.9 Å². The number of aliphatic hydroxyl groups is 1. The summed E-state index contributed by atoms with van der Waals surface area (Å²) >= 11 is 6.00. The monoisotopic (exact) mass is 457 g/mol. The van der Waals surface area contributed by atoms with Crippen LogP contribution in [0.5, 0.6) is 5.75 Å². The Labute approximate surface area is 189 Å². The number of aliphatic hydroxyl groups excluding tert-OH is 1. The topological polar surface area (TPSA) is 114 Å². The van der Waals surface area contributed by atoms with Crippen molar-refractivity contribution in [3.8, 4) is 5.75 Å². The number of aromatic nitrogens is 1. The van der Waals surface area contributed by atoms with E-state index in [-0.39, 0.29) is 35.6 Å². The van der Waals surface area contributed by atoms with Crippen LogP contribution >= 0.6 is 11.6 Å². The Hall–Kier alpha value is -2.58. The van der Waals surface area contributed by atoms with Crippen molar-refractivity contribution in [2.75, 3.05) is 0 Å². The lowest BCUT2D eigenvalue weighted by molar-refractivity contribution is -0.133. The Bertz CT molecular complexity index is 1090. The summed E-state index contributed by atoms with van der Waals surface area (Å²) in [6, 6.07) is 5.00. The van der Waals surface area contributed by atoms with Crippen molar-refractivity contribution in [3.63, 3.8) is 0 Å². The standard InChI is InChI=1S/C23H24ClN3O5/c24-13-3-4-17-14(5-13)16(28)6-18(31-17)21(30)27-23-7-12(8-23)15(9-23)26-20(29)19-10-25-22(32-19)11-1-2-11/h3-5,10-12,15-16,18,28H,1-2,6-9H2,(H,26,29)(H,27,30)/t12?,15?,16-,18-,23?/m1/s1. The van der Waals surface area contributed by atoms with Crippen LogP contribution in [0.4, 0.5) is 0 Å². The van der Waals surface area contributed by atoms with E-state index in [1.807, 2.05) is 0 Å². The van der Waals surface area contributed by atoms with Gasteiger partial charge in [-0.25, -0.2) is 4.98 Å². The molecule has 2 heterocycles. The maximum absolute atomic E-state index is 12.9. The van der Waals surface area contributed by atoms with Gasteiger partial charge in [0, 0.05) is 34.5 Å². The zero-order valence-electron chi connectivity index (χ0n) is 17.3. The number of fused-ring (bicyclic) bond motifs is 2. The lowest BCUT2D eigenvalue weighted by Crippen LogP contribution is -2.56. The Balaban J connectivity index is 1.07. The smallest absolute Gasteiger partial charge is 0.288 e. The average molecular weight is 458 g/mol. The van der Waals surface area contributed by atoms with Crippen molar-refractivity contribution >= 4 is 23.4 Å². The SMILES string of the molecule is O=C(NC1CC2(NC(=O)[C@H]3C[C@@H](O)c4cc(Cl)ccc4O3)CC1C2)c1cnc(C2CC2)o1. The molecule has 1 unspecified atom stereocenters. The lowest BCUT2D eigenvalue weighted by Gasteiger charge is -2.40. The van der Waals surface area contributed by atoms with Crippen LogP contribution in [-0.2, 0) is 4.79 Å². The number of nitrogens with one attached hydrogen (secondary N) is 2. The number of oxazole rings is 1. The predicted octanol–water partition coefficient (Wildman–Crippen LogP) is 2.86. The molecule has 8 nitrogen and oxygen atoms in total. The minimum atomic E-state index is -0.808. The second-order valence-corrected chi connectivity index (χ2v) is 10.0. The fourth-order valence-electron chi connectivity index (χ4n) is 5.38. The summed E-state index contributed by atoms with van der Waals surface area (Å²) in [7, 11) is 0. The number of amides is 2. The first-order valence-corrected chi connectivity index (χ1v) is 11.5. The highest BCUT2D eigenvalue weighted by atomic mass is 35.5. The van der Waals surface area contributed by atoms with Crippen molar-refractivity contribution in [2.24, 2.45) is 5.92 Å². The van der Waals surface area contributed by atoms with Gasteiger partial charge in [-0.05, 0) is 56.2 Å². The number of hydrogen-bond donors (Lipinski definition) is 3. The second-order valence-electron chi connectivity index (χ2n) is 9.60. The highest BCUT2D eigenvalue weighted by Crippen LogP contribution is 2.52. The summed E-state index contributed by atoms with van der Waals surface area (Å²) in [5, 5.41) is 17.2. The molecule has 0 radical (unpaired) electrons. The van der Waals surface area contributed by atoms with E-state index in [1.54, 1.807) is 18.2 Å². The maximum Gasteiger partial charge on any atom is 0.288 e. The molecular formula is C23H24ClN3O5. The fourth-order valence-corrected chi connectivity index (χ4v) is 5.56. The molecular weight excluding hydrogens is 434 g/mol. The third kappa shape index (κ3) is 3.46. The first-order valence-electron chi connectivity index (χ1n) is 11.1. The zero-order chi connectivity index (χ0) is 22.0. The van der Waals surface area contributed by atoms with Crippen LogP contribution in [0.25, 0.3) is 0 Å². The van der Waals surface area contributed by atoms with Gasteiger partial charge in [0.05, 0.1) is 12.3 Å². The van der Waals surface area contributed by atoms with Crippen LogP contribution in [0.3, 0.4) is 0 Å². The molecule has 32 heavy (non-hydrogen) atoms. The van der Waals surface area contributed by atoms with Crippen molar-refractivity contribution in [3.05, 3.63) is 46.6 Å². The summed E-state index contributed by atoms with van der Waals surface area (Å²) in [5.41, 5.74) is 0.263. The molecule has 4 saturated carbocycles. The number of carbonyl (C=O) groups excluding carboxylic acids is 2. The Morgan fingerprint density at radius 2 is 2.03 bits per heavy atom. The van der Waals surface area contributed by atoms with E-state index >= 15 is 0 Å². The number of benzene rings is 1. The molecule has 1 aromatic carbocycles. The normalized spacial score (nSPS) is 32.4. The van der Waals surface area contributed by atoms with E-state index < -0.39 is 12.2 Å². The van der Waals surface area contributed by atoms with Gasteiger partial charge in [-0.3, -0.25) is 9.59 Å². The molecule has 1 aromatic heterocycles. The molecule has 1 aliphatic heterocycles. The number of halogens is 1. The number of hydrogen-bond acceptors (Lipinski definition) is 6. The van der Waals surface area contributed by atoms with Crippen LogP contribution in [0.1, 0.15) is 72.6 Å². The van der Waals surface area contributed by atoms with Gasteiger partial charge in [0.15, 0.2) is 12.0 Å². The summed E-state index contributed by atoms with van der Waals surface area (Å²) in [4.78, 5) is 29.7. The van der Waals surface area contributed by atoms with Gasteiger partial charge in [-0.15, -0.1) is 0 Å². The van der Waals surface area contributed by atoms with Gasteiger partial charge in [0.2, 0.25) is 5.76 Å². The van der Waals surface area contributed by atoms with E-state index in [9.17, 15) is 14.7 Å². The highest BCUT2D eigenvalue weighted by molar-refractivity contribution is 6.30. The van der Waals surface area contributed by atoms with Crippen LogP contribution < -0.4 is 15.4 Å². The second kappa shape index (κ2) is 7.22. The maximum atomic E-state index is 12.9. The van der Waals surface area contributed by atoms with Crippen LogP contribution in [0.2, 0.25) is 5.02 Å². The molecule has 9 heteroatoms. The number of nitrogens with zero attached hydrogens (tertiary/aromatic N) is 1. The molecule has 5 aliphatic rings. The molecule has 2 bridgehead atoms. The van der Waals surface area contributed by atoms with Gasteiger partial charge in [-0.2, -0.15) is 0 Å². The first-order chi connectivity index (χ1) is 15.4. The van der Waals surface area contributed by atoms with Crippen molar-refractivity contribution in [2.45, 2.75) is 68.2 Å². The van der Waals surface area contributed by atoms with Gasteiger partial charge in [0.25, 0.3) is 11.8 Å². The molecule has 7 rings (SSSR count). The van der Waals surface area contributed by atoms with Crippen LogP contribution in [0, 0.1) is 5.92 Å². The van der Waals surface area contributed by atoms with E-state index in [0.717, 1.165) is 25.7 Å². The van der Waals surface area contributed by atoms with E-state index in [2.05, 4.69) is 15.6 Å². The van der Waals surface area contributed by atoms with Crippen molar-refractivity contribution < 1.29 is 23.8 Å². The van der Waals surface area contributed by atoms with E-state index in [1.165, 1.54) is 6.20 Å². The molecule has 2 aromatic rings. The fraction of sp³-hybridized carbons (Fsp3) is 0.522. The Morgan fingerprint density at radius 1 is 1.22 bits per heavy atom. The molecule has 3 N–H and O–H groups in total. The molecule has 0 saturated heterocycles. The molecule has 168 valence electrons. The van der Waals surface area contributed by atoms with Crippen LogP contribution in [0.15, 0.2) is 28.8 Å². The summed E-state index contributed by atoms with van der Waals surface area (Å²) in [6.45, 7) is 0. The molecule has 0 spiro atoms. The number of carbonyl (C=O) groups is 2. The minimum absolute atomic E-state index is 0.0157. The summed E-state index contributed by atoms with van der Waals surface area (Å²) in [5.74, 6) is 1.57. The Morgan fingerprint density at radius 3 is 2.81 bits per heavy atom. The highest BCUT2D eigenvalue weighted by Gasteiger charge is 2.57. The molecule has 2 amide bonds. The van der Waals surface area contributed by atoms with Crippen LogP contribution in [-0.4, -0.2) is 39.6 Å². The molecule has 4 fully saturated rings. The zero-order valence-corrected chi connectivity index (χ0v) is 18.1. The third-order valence-corrected chi connectivity index (χ3v) is 7.43. The van der Waals surface area contributed by atoms with Crippen molar-refractivity contribution in [1.29, 1.82) is 0 Å². The van der Waals surface area contributed by atoms with Gasteiger partial charge in [-0.1, -0.05) is 11.6 Å². The van der Waals surface area contributed by atoms with Gasteiger partial charge in [0.1, 0.15) is 5.75 Å². The van der Waals surface area contributed by atoms with Crippen molar-refractivity contribution in [1.82, 2.24) is 15.6 Å². The Kier molecular flexibility index (Phi) is 4.52. The lowest BCUT2D eigenvalue weighted by atomic mass is 9.76. The van der Waals surface area contributed by atoms with E-state index in [4.69, 9.17) is 20.8 Å². The van der Waals surface area contributed by atoms with Gasteiger partial charge >= 0.3 is 0 Å². The summed E-state index contributed by atoms with van der Waals surface area (Å²) in [6.07, 6.45) is 4.52. The largest absolute Gasteiger partial charge is 0.480 e. The minimum Gasteiger partial charge on any atom is -0.480 e. The predicted molar refractivity (Wildman–Crippen MR) is 113 cm³/mol. The summed E-state index contributed by atoms with van der Waals surface area (Å²) < 4.78 is 11.5. The van der Waals surface area contributed by atoms with E-state index in [0.29, 0.717) is 40.5 Å². The number of ether oxygens (including phenoxy) is 1.